The molecule has 0 saturated carbocycles. The second-order valence-corrected chi connectivity index (χ2v) is 7.44. The largest absolute Gasteiger partial charge is 0.433 e. The lowest BCUT2D eigenvalue weighted by Gasteiger charge is -2.30. The predicted molar refractivity (Wildman–Crippen MR) is 96.7 cm³/mol. The molecule has 1 aromatic rings. The summed E-state index contributed by atoms with van der Waals surface area (Å²) in [5, 5.41) is 2.86. The number of ether oxygens (including phenoxy) is 1. The Hall–Kier alpha value is -2.16. The minimum absolute atomic E-state index is 0.0274. The first kappa shape index (κ1) is 22.1. The number of amides is 2. The van der Waals surface area contributed by atoms with E-state index in [9.17, 15) is 22.8 Å². The average Bonchev–Trinajstić information content (AvgIpc) is 2.85. The third-order valence-electron chi connectivity index (χ3n) is 5.00. The van der Waals surface area contributed by atoms with Gasteiger partial charge >= 0.3 is 6.18 Å². The van der Waals surface area contributed by atoms with Crippen LogP contribution in [-0.4, -0.2) is 53.5 Å². The van der Waals surface area contributed by atoms with Gasteiger partial charge in [-0.05, 0) is 52.2 Å². The summed E-state index contributed by atoms with van der Waals surface area (Å²) in [6.07, 6.45) is -2.60. The highest BCUT2D eigenvalue weighted by molar-refractivity contribution is 5.95. The van der Waals surface area contributed by atoms with E-state index >= 15 is 0 Å². The number of carbonyl (C=O) groups is 2. The van der Waals surface area contributed by atoms with Crippen LogP contribution in [0.1, 0.15) is 54.9 Å². The lowest BCUT2D eigenvalue weighted by atomic mass is 10.1. The van der Waals surface area contributed by atoms with Crippen molar-refractivity contribution < 1.29 is 27.5 Å². The maximum atomic E-state index is 12.7. The lowest BCUT2D eigenvalue weighted by molar-refractivity contribution is -0.151. The third kappa shape index (κ3) is 5.21. The number of alkyl halides is 3. The SMILES string of the molecule is COC(C)(C)C(=O)N1CCCC(NC(=O)c2ccc(C(F)(F)F)nc2C)CC1. The number of halogens is 3. The van der Waals surface area contributed by atoms with Crippen molar-refractivity contribution in [3.8, 4) is 0 Å². The molecule has 6 nitrogen and oxygen atoms in total. The molecule has 2 amide bonds. The minimum atomic E-state index is -4.55. The zero-order valence-corrected chi connectivity index (χ0v) is 16.5. The van der Waals surface area contributed by atoms with Crippen molar-refractivity contribution >= 4 is 11.8 Å². The number of methoxy groups -OCH3 is 1. The Kier molecular flexibility index (Phi) is 6.69. The maximum Gasteiger partial charge on any atom is 0.433 e. The summed E-state index contributed by atoms with van der Waals surface area (Å²) in [4.78, 5) is 30.2. The van der Waals surface area contributed by atoms with Crippen LogP contribution in [0.2, 0.25) is 0 Å². The number of carbonyl (C=O) groups excluding carboxylic acids is 2. The minimum Gasteiger partial charge on any atom is -0.369 e. The van der Waals surface area contributed by atoms with Crippen LogP contribution in [-0.2, 0) is 15.7 Å². The molecule has 0 spiro atoms. The molecule has 2 heterocycles. The Labute approximate surface area is 162 Å². The van der Waals surface area contributed by atoms with Gasteiger partial charge in [0.05, 0.1) is 11.3 Å². The quantitative estimate of drug-likeness (QED) is 0.842. The summed E-state index contributed by atoms with van der Waals surface area (Å²) in [5.74, 6) is -0.564. The van der Waals surface area contributed by atoms with Gasteiger partial charge in [-0.25, -0.2) is 4.98 Å². The average molecular weight is 401 g/mol. The first-order chi connectivity index (χ1) is 13.0. The number of rotatable bonds is 4. The fourth-order valence-electron chi connectivity index (χ4n) is 3.13. The lowest BCUT2D eigenvalue weighted by Crippen LogP contribution is -2.47. The number of nitrogens with one attached hydrogen (secondary N) is 1. The number of pyridine rings is 1. The monoisotopic (exact) mass is 401 g/mol. The van der Waals surface area contributed by atoms with Gasteiger partial charge in [0.1, 0.15) is 11.3 Å². The maximum absolute atomic E-state index is 12.7. The molecule has 1 aliphatic heterocycles. The molecule has 0 radical (unpaired) electrons. The first-order valence-corrected chi connectivity index (χ1v) is 9.16. The van der Waals surface area contributed by atoms with Crippen molar-refractivity contribution in [2.75, 3.05) is 20.2 Å². The second-order valence-electron chi connectivity index (χ2n) is 7.44. The van der Waals surface area contributed by atoms with Gasteiger partial charge in [0, 0.05) is 26.2 Å². The summed E-state index contributed by atoms with van der Waals surface area (Å²) in [6.45, 7) is 5.84. The molecule has 0 aliphatic carbocycles. The molecule has 1 aromatic heterocycles. The standard InChI is InChI=1S/C19H26F3N3O3/c1-12-14(7-8-15(23-12)19(20,21)22)16(26)24-13-6-5-10-25(11-9-13)17(27)18(2,3)28-4/h7-8,13H,5-6,9-11H2,1-4H3,(H,24,26). The number of hydrogen-bond donors (Lipinski definition) is 1. The van der Waals surface area contributed by atoms with E-state index in [0.29, 0.717) is 32.4 Å². The van der Waals surface area contributed by atoms with Crippen LogP contribution in [0.25, 0.3) is 0 Å². The molecular formula is C19H26F3N3O3. The highest BCUT2D eigenvalue weighted by Crippen LogP contribution is 2.28. The highest BCUT2D eigenvalue weighted by Gasteiger charge is 2.34. The molecule has 0 aromatic carbocycles. The van der Waals surface area contributed by atoms with Crippen LogP contribution in [0.4, 0.5) is 13.2 Å². The van der Waals surface area contributed by atoms with Gasteiger partial charge in [0.2, 0.25) is 0 Å². The number of nitrogens with zero attached hydrogens (tertiary/aromatic N) is 2. The second kappa shape index (κ2) is 8.46. The molecule has 1 fully saturated rings. The fourth-order valence-corrected chi connectivity index (χ4v) is 3.13. The topological polar surface area (TPSA) is 71.5 Å². The number of aryl methyl sites for hydroxylation is 1. The van der Waals surface area contributed by atoms with E-state index in [0.717, 1.165) is 12.1 Å². The molecular weight excluding hydrogens is 375 g/mol. The van der Waals surface area contributed by atoms with E-state index < -0.39 is 23.4 Å². The Balaban J connectivity index is 2.01. The van der Waals surface area contributed by atoms with E-state index in [1.54, 1.807) is 18.7 Å². The third-order valence-corrected chi connectivity index (χ3v) is 5.00. The van der Waals surface area contributed by atoms with Crippen molar-refractivity contribution in [2.24, 2.45) is 0 Å². The van der Waals surface area contributed by atoms with Crippen molar-refractivity contribution in [2.45, 2.75) is 57.9 Å². The van der Waals surface area contributed by atoms with E-state index in [1.807, 2.05) is 0 Å². The molecule has 156 valence electrons. The van der Waals surface area contributed by atoms with Gasteiger partial charge in [-0.3, -0.25) is 9.59 Å². The molecule has 9 heteroatoms. The van der Waals surface area contributed by atoms with E-state index in [1.165, 1.54) is 14.0 Å². The van der Waals surface area contributed by atoms with Crippen LogP contribution < -0.4 is 5.32 Å². The van der Waals surface area contributed by atoms with Crippen LogP contribution in [0.5, 0.6) is 0 Å². The molecule has 28 heavy (non-hydrogen) atoms. The van der Waals surface area contributed by atoms with Gasteiger partial charge in [-0.2, -0.15) is 13.2 Å². The summed E-state index contributed by atoms with van der Waals surface area (Å²) in [7, 11) is 1.49. The number of likely N-dealkylation sites (tertiary alicyclic amines) is 1. The van der Waals surface area contributed by atoms with Crippen LogP contribution in [0.3, 0.4) is 0 Å². The van der Waals surface area contributed by atoms with Gasteiger partial charge < -0.3 is 15.0 Å². The Morgan fingerprint density at radius 1 is 1.21 bits per heavy atom. The van der Waals surface area contributed by atoms with Crippen LogP contribution >= 0.6 is 0 Å². The molecule has 1 atom stereocenters. The molecule has 1 aliphatic rings. The molecule has 0 bridgehead atoms. The van der Waals surface area contributed by atoms with Gasteiger partial charge in [-0.1, -0.05) is 0 Å². The summed E-state index contributed by atoms with van der Waals surface area (Å²) in [5.41, 5.74) is -1.79. The summed E-state index contributed by atoms with van der Waals surface area (Å²) < 4.78 is 43.4. The molecule has 1 N–H and O–H groups in total. The van der Waals surface area contributed by atoms with Gasteiger partial charge in [0.15, 0.2) is 0 Å². The van der Waals surface area contributed by atoms with Gasteiger partial charge in [0.25, 0.3) is 11.8 Å². The van der Waals surface area contributed by atoms with E-state index in [2.05, 4.69) is 10.3 Å². The smallest absolute Gasteiger partial charge is 0.369 e. The zero-order valence-electron chi connectivity index (χ0n) is 16.5. The highest BCUT2D eigenvalue weighted by atomic mass is 19.4. The Morgan fingerprint density at radius 3 is 2.46 bits per heavy atom. The van der Waals surface area contributed by atoms with E-state index in [-0.39, 0.29) is 23.2 Å². The van der Waals surface area contributed by atoms with Crippen molar-refractivity contribution in [3.05, 3.63) is 29.1 Å². The Bertz CT molecular complexity index is 735. The van der Waals surface area contributed by atoms with Crippen molar-refractivity contribution in [1.29, 1.82) is 0 Å². The Morgan fingerprint density at radius 2 is 1.89 bits per heavy atom. The molecule has 1 saturated heterocycles. The van der Waals surface area contributed by atoms with Gasteiger partial charge in [-0.15, -0.1) is 0 Å². The van der Waals surface area contributed by atoms with Crippen molar-refractivity contribution in [3.63, 3.8) is 0 Å². The van der Waals surface area contributed by atoms with Crippen molar-refractivity contribution in [1.82, 2.24) is 15.2 Å². The first-order valence-electron chi connectivity index (χ1n) is 9.16. The van der Waals surface area contributed by atoms with Crippen LogP contribution in [0, 0.1) is 6.92 Å². The molecule has 1 unspecified atom stereocenters. The summed E-state index contributed by atoms with van der Waals surface area (Å²) in [6, 6.07) is 1.79. The summed E-state index contributed by atoms with van der Waals surface area (Å²) >= 11 is 0. The fraction of sp³-hybridized carbons (Fsp3) is 0.632. The van der Waals surface area contributed by atoms with Crippen LogP contribution in [0.15, 0.2) is 12.1 Å². The predicted octanol–water partition coefficient (Wildman–Crippen LogP) is 2.94. The normalized spacial score (nSPS) is 18.5. The molecule has 2 rings (SSSR count). The zero-order chi connectivity index (χ0) is 21.1. The van der Waals surface area contributed by atoms with E-state index in [4.69, 9.17) is 4.74 Å². The number of hydrogen-bond acceptors (Lipinski definition) is 4. The number of aromatic nitrogens is 1.